The molecule has 1 aliphatic heterocycles. The van der Waals surface area contributed by atoms with Crippen molar-refractivity contribution in [1.29, 1.82) is 0 Å². The van der Waals surface area contributed by atoms with Crippen LogP contribution in [0.1, 0.15) is 66.1 Å². The molecule has 0 bridgehead atoms. The molecule has 5 rings (SSSR count). The molecule has 146 valence electrons. The van der Waals surface area contributed by atoms with E-state index >= 15 is 0 Å². The Morgan fingerprint density at radius 2 is 1.96 bits per heavy atom. The first-order valence-corrected chi connectivity index (χ1v) is 10.2. The molecule has 1 aliphatic carbocycles. The number of piperidine rings is 1. The van der Waals surface area contributed by atoms with Gasteiger partial charge in [0.2, 0.25) is 0 Å². The van der Waals surface area contributed by atoms with Gasteiger partial charge in [-0.05, 0) is 50.8 Å². The number of aryl methyl sites for hydroxylation is 2. The Hall–Kier alpha value is -2.70. The fraction of sp³-hybridized carbons (Fsp3) is 0.524. The maximum Gasteiger partial charge on any atom is 0.272 e. The first-order chi connectivity index (χ1) is 13.6. The Morgan fingerprint density at radius 3 is 2.61 bits per heavy atom. The molecule has 7 nitrogen and oxygen atoms in total. The molecule has 0 radical (unpaired) electrons. The summed E-state index contributed by atoms with van der Waals surface area (Å²) in [5.74, 6) is 1.84. The van der Waals surface area contributed by atoms with Crippen molar-refractivity contribution in [3.05, 3.63) is 41.6 Å². The topological polar surface area (TPSA) is 68.8 Å². The van der Waals surface area contributed by atoms with E-state index in [-0.39, 0.29) is 5.91 Å². The van der Waals surface area contributed by atoms with Crippen molar-refractivity contribution < 1.29 is 4.79 Å². The fourth-order valence-corrected chi connectivity index (χ4v) is 4.56. The highest BCUT2D eigenvalue weighted by Crippen LogP contribution is 2.39. The Morgan fingerprint density at radius 1 is 1.18 bits per heavy atom. The number of likely N-dealkylation sites (tertiary alicyclic amines) is 1. The van der Waals surface area contributed by atoms with E-state index in [1.807, 2.05) is 37.2 Å². The lowest BCUT2D eigenvalue weighted by atomic mass is 9.84. The standard InChI is InChI=1S/C21H26N6O/c1-14-13-18(25(2)24-14)21(28)26-11-8-16(9-12-26)27-19(15-5-3-6-15)23-17-7-4-10-22-20(17)27/h4,7,10,13,15-16H,3,5-6,8-9,11-12H2,1-2H3. The van der Waals surface area contributed by atoms with Gasteiger partial charge < -0.3 is 9.47 Å². The van der Waals surface area contributed by atoms with Gasteiger partial charge in [-0.2, -0.15) is 5.10 Å². The summed E-state index contributed by atoms with van der Waals surface area (Å²) < 4.78 is 4.07. The highest BCUT2D eigenvalue weighted by molar-refractivity contribution is 5.92. The van der Waals surface area contributed by atoms with Gasteiger partial charge in [0, 0.05) is 38.3 Å². The molecule has 3 aromatic heterocycles. The summed E-state index contributed by atoms with van der Waals surface area (Å²) in [7, 11) is 1.83. The van der Waals surface area contributed by atoms with E-state index in [4.69, 9.17) is 4.98 Å². The Labute approximate surface area is 164 Å². The van der Waals surface area contributed by atoms with Crippen LogP contribution in [0.15, 0.2) is 24.4 Å². The zero-order valence-corrected chi connectivity index (χ0v) is 16.5. The normalized spacial score (nSPS) is 18.6. The van der Waals surface area contributed by atoms with E-state index < -0.39 is 0 Å². The average molecular weight is 378 g/mol. The molecule has 1 saturated carbocycles. The third-order valence-electron chi connectivity index (χ3n) is 6.28. The summed E-state index contributed by atoms with van der Waals surface area (Å²) in [5, 5.41) is 4.31. The molecule has 7 heteroatoms. The maximum atomic E-state index is 12.9. The zero-order chi connectivity index (χ0) is 19.3. The van der Waals surface area contributed by atoms with E-state index in [1.54, 1.807) is 4.68 Å². The van der Waals surface area contributed by atoms with Crippen molar-refractivity contribution in [3.63, 3.8) is 0 Å². The van der Waals surface area contributed by atoms with Gasteiger partial charge >= 0.3 is 0 Å². The second kappa shape index (κ2) is 6.72. The highest BCUT2D eigenvalue weighted by atomic mass is 16.2. The molecule has 1 amide bonds. The van der Waals surface area contributed by atoms with Crippen LogP contribution in [0.4, 0.5) is 0 Å². The summed E-state index contributed by atoms with van der Waals surface area (Å²) in [6.07, 6.45) is 7.46. The number of aromatic nitrogens is 5. The highest BCUT2D eigenvalue weighted by Gasteiger charge is 2.32. The Kier molecular flexibility index (Phi) is 4.18. The quantitative estimate of drug-likeness (QED) is 0.702. The number of rotatable bonds is 3. The van der Waals surface area contributed by atoms with E-state index in [0.717, 1.165) is 42.8 Å². The van der Waals surface area contributed by atoms with Crippen LogP contribution in [0.3, 0.4) is 0 Å². The summed E-state index contributed by atoms with van der Waals surface area (Å²) >= 11 is 0. The number of hydrogen-bond donors (Lipinski definition) is 0. The molecule has 0 spiro atoms. The largest absolute Gasteiger partial charge is 0.337 e. The molecule has 2 fully saturated rings. The van der Waals surface area contributed by atoms with Gasteiger partial charge in [0.25, 0.3) is 5.91 Å². The first kappa shape index (κ1) is 17.4. The fourth-order valence-electron chi connectivity index (χ4n) is 4.56. The van der Waals surface area contributed by atoms with Crippen LogP contribution in [-0.4, -0.2) is 48.2 Å². The van der Waals surface area contributed by atoms with Crippen LogP contribution < -0.4 is 0 Å². The molecule has 0 N–H and O–H groups in total. The van der Waals surface area contributed by atoms with Gasteiger partial charge in [0.15, 0.2) is 5.65 Å². The minimum Gasteiger partial charge on any atom is -0.337 e. The summed E-state index contributed by atoms with van der Waals surface area (Å²) in [6, 6.07) is 6.25. The SMILES string of the molecule is Cc1cc(C(=O)N2CCC(n3c(C4CCC4)nc4cccnc43)CC2)n(C)n1. The molecule has 28 heavy (non-hydrogen) atoms. The lowest BCUT2D eigenvalue weighted by Gasteiger charge is -2.35. The van der Waals surface area contributed by atoms with Gasteiger partial charge in [-0.25, -0.2) is 9.97 Å². The second-order valence-corrected chi connectivity index (χ2v) is 8.13. The van der Waals surface area contributed by atoms with Crippen molar-refractivity contribution in [3.8, 4) is 0 Å². The molecule has 0 aromatic carbocycles. The number of amides is 1. The molecule has 3 aromatic rings. The summed E-state index contributed by atoms with van der Waals surface area (Å²) in [5.41, 5.74) is 3.53. The number of fused-ring (bicyclic) bond motifs is 1. The van der Waals surface area contributed by atoms with Gasteiger partial charge in [0.05, 0.1) is 5.69 Å². The van der Waals surface area contributed by atoms with Crippen LogP contribution in [0.2, 0.25) is 0 Å². The van der Waals surface area contributed by atoms with Crippen molar-refractivity contribution in [2.45, 2.75) is 51.0 Å². The third-order valence-corrected chi connectivity index (χ3v) is 6.28. The second-order valence-electron chi connectivity index (χ2n) is 8.13. The van der Waals surface area contributed by atoms with Crippen LogP contribution in [0.5, 0.6) is 0 Å². The average Bonchev–Trinajstić information content (AvgIpc) is 3.19. The first-order valence-electron chi connectivity index (χ1n) is 10.2. The van der Waals surface area contributed by atoms with E-state index in [9.17, 15) is 4.79 Å². The summed E-state index contributed by atoms with van der Waals surface area (Å²) in [4.78, 5) is 24.4. The molecule has 2 aliphatic rings. The smallest absolute Gasteiger partial charge is 0.272 e. The number of imidazole rings is 1. The van der Waals surface area contributed by atoms with Crippen molar-refractivity contribution in [2.24, 2.45) is 7.05 Å². The minimum atomic E-state index is 0.0781. The lowest BCUT2D eigenvalue weighted by Crippen LogP contribution is -2.40. The van der Waals surface area contributed by atoms with Gasteiger partial charge in [-0.1, -0.05) is 6.42 Å². The van der Waals surface area contributed by atoms with Gasteiger partial charge in [-0.15, -0.1) is 0 Å². The van der Waals surface area contributed by atoms with Crippen LogP contribution >= 0.6 is 0 Å². The Balaban J connectivity index is 1.38. The molecule has 0 atom stereocenters. The Bertz CT molecular complexity index is 1020. The van der Waals surface area contributed by atoms with Gasteiger partial charge in [0.1, 0.15) is 17.0 Å². The van der Waals surface area contributed by atoms with Crippen molar-refractivity contribution in [2.75, 3.05) is 13.1 Å². The predicted octanol–water partition coefficient (Wildman–Crippen LogP) is 3.22. The molecular weight excluding hydrogens is 352 g/mol. The van der Waals surface area contributed by atoms with Crippen LogP contribution in [0.25, 0.3) is 11.2 Å². The number of pyridine rings is 1. The molecule has 1 saturated heterocycles. The monoisotopic (exact) mass is 378 g/mol. The van der Waals surface area contributed by atoms with Crippen LogP contribution in [0, 0.1) is 6.92 Å². The van der Waals surface area contributed by atoms with E-state index in [2.05, 4.69) is 20.7 Å². The number of nitrogens with zero attached hydrogens (tertiary/aromatic N) is 6. The van der Waals surface area contributed by atoms with Gasteiger partial charge in [-0.3, -0.25) is 9.48 Å². The van der Waals surface area contributed by atoms with E-state index in [1.165, 1.54) is 25.1 Å². The minimum absolute atomic E-state index is 0.0781. The lowest BCUT2D eigenvalue weighted by molar-refractivity contribution is 0.0683. The van der Waals surface area contributed by atoms with Crippen molar-refractivity contribution >= 4 is 17.1 Å². The molecule has 4 heterocycles. The summed E-state index contributed by atoms with van der Waals surface area (Å²) in [6.45, 7) is 3.43. The maximum absolute atomic E-state index is 12.9. The third kappa shape index (κ3) is 2.80. The van der Waals surface area contributed by atoms with E-state index in [0.29, 0.717) is 17.7 Å². The zero-order valence-electron chi connectivity index (χ0n) is 16.5. The van der Waals surface area contributed by atoms with Crippen LogP contribution in [-0.2, 0) is 7.05 Å². The number of carbonyl (C=O) groups excluding carboxylic acids is 1. The predicted molar refractivity (Wildman–Crippen MR) is 106 cm³/mol. The number of carbonyl (C=O) groups is 1. The van der Waals surface area contributed by atoms with Crippen molar-refractivity contribution in [1.82, 2.24) is 29.2 Å². The molecular formula is C21H26N6O. The number of hydrogen-bond acceptors (Lipinski definition) is 4. The molecule has 0 unspecified atom stereocenters.